The van der Waals surface area contributed by atoms with Gasteiger partial charge in [0.05, 0.1) is 17.7 Å². The minimum atomic E-state index is -0.206. The Balaban J connectivity index is 1.31. The van der Waals surface area contributed by atoms with Crippen molar-refractivity contribution in [1.29, 1.82) is 0 Å². The van der Waals surface area contributed by atoms with E-state index in [0.717, 1.165) is 37.7 Å². The highest BCUT2D eigenvalue weighted by molar-refractivity contribution is 9.10. The maximum atomic E-state index is 12.2. The minimum Gasteiger partial charge on any atom is -0.468 e. The Labute approximate surface area is 191 Å². The van der Waals surface area contributed by atoms with Gasteiger partial charge in [0.1, 0.15) is 5.76 Å². The summed E-state index contributed by atoms with van der Waals surface area (Å²) in [7, 11) is 0. The Morgan fingerprint density at radius 3 is 2.67 bits per heavy atom. The lowest BCUT2D eigenvalue weighted by Crippen LogP contribution is -2.07. The number of thioether (sulfide) groups is 1. The van der Waals surface area contributed by atoms with Gasteiger partial charge in [0, 0.05) is 26.4 Å². The van der Waals surface area contributed by atoms with E-state index in [4.69, 9.17) is 4.42 Å². The van der Waals surface area contributed by atoms with E-state index in [-0.39, 0.29) is 5.91 Å². The van der Waals surface area contributed by atoms with E-state index in [9.17, 15) is 4.79 Å². The molecule has 4 nitrogen and oxygen atoms in total. The predicted molar refractivity (Wildman–Crippen MR) is 128 cm³/mol. The zero-order valence-corrected chi connectivity index (χ0v) is 19.0. The van der Waals surface area contributed by atoms with Gasteiger partial charge in [-0.2, -0.15) is 0 Å². The summed E-state index contributed by atoms with van der Waals surface area (Å²) in [6.07, 6.45) is 4.99. The maximum Gasteiger partial charge on any atom is 0.250 e. The largest absolute Gasteiger partial charge is 0.468 e. The number of amides is 1. The number of halogens is 1. The molecule has 2 aromatic heterocycles. The number of hydrogen-bond acceptors (Lipinski definition) is 5. The van der Waals surface area contributed by atoms with E-state index < -0.39 is 0 Å². The molecule has 0 radical (unpaired) electrons. The summed E-state index contributed by atoms with van der Waals surface area (Å²) in [5, 5.41) is 5.33. The maximum absolute atomic E-state index is 12.2. The van der Waals surface area contributed by atoms with Gasteiger partial charge in [-0.1, -0.05) is 40.2 Å². The second-order valence-corrected chi connectivity index (χ2v) is 9.13. The van der Waals surface area contributed by atoms with Crippen LogP contribution in [0.1, 0.15) is 11.3 Å². The number of thiazole rings is 1. The van der Waals surface area contributed by atoms with Crippen LogP contribution in [0.3, 0.4) is 0 Å². The molecule has 1 N–H and O–H groups in total. The molecule has 4 rings (SSSR count). The molecule has 0 saturated carbocycles. The van der Waals surface area contributed by atoms with Crippen LogP contribution in [-0.2, 0) is 10.5 Å². The fraction of sp³-hybridized carbons (Fsp3) is 0.0435. The number of benzene rings is 2. The van der Waals surface area contributed by atoms with Crippen molar-refractivity contribution in [2.24, 2.45) is 0 Å². The zero-order valence-electron chi connectivity index (χ0n) is 15.7. The van der Waals surface area contributed by atoms with Crippen LogP contribution in [-0.4, -0.2) is 10.9 Å². The lowest BCUT2D eigenvalue weighted by molar-refractivity contribution is -0.111. The molecule has 0 aliphatic carbocycles. The molecule has 0 bridgehead atoms. The van der Waals surface area contributed by atoms with Crippen LogP contribution in [0.25, 0.3) is 17.3 Å². The van der Waals surface area contributed by atoms with E-state index in [2.05, 4.69) is 26.2 Å². The van der Waals surface area contributed by atoms with Crippen LogP contribution in [0.5, 0.6) is 0 Å². The molecule has 0 unspecified atom stereocenters. The molecule has 7 heteroatoms. The minimum absolute atomic E-state index is 0.206. The summed E-state index contributed by atoms with van der Waals surface area (Å²) in [5.74, 6) is 1.54. The molecule has 1 amide bonds. The third kappa shape index (κ3) is 5.72. The topological polar surface area (TPSA) is 55.1 Å². The van der Waals surface area contributed by atoms with E-state index in [1.165, 1.54) is 17.4 Å². The number of nitrogens with zero attached hydrogens (tertiary/aromatic N) is 1. The summed E-state index contributed by atoms with van der Waals surface area (Å²) < 4.78 is 6.36. The number of hydrogen-bond donors (Lipinski definition) is 1. The van der Waals surface area contributed by atoms with Crippen LogP contribution in [0.15, 0.2) is 92.2 Å². The predicted octanol–water partition coefficient (Wildman–Crippen LogP) is 7.11. The third-order valence-electron chi connectivity index (χ3n) is 4.14. The van der Waals surface area contributed by atoms with Crippen LogP contribution in [0.4, 0.5) is 5.13 Å². The van der Waals surface area contributed by atoms with E-state index in [1.807, 2.05) is 66.0 Å². The normalized spacial score (nSPS) is 11.1. The van der Waals surface area contributed by atoms with Crippen LogP contribution < -0.4 is 5.32 Å². The monoisotopic (exact) mass is 496 g/mol. The van der Waals surface area contributed by atoms with E-state index in [0.29, 0.717) is 5.13 Å². The van der Waals surface area contributed by atoms with Crippen molar-refractivity contribution in [2.45, 2.75) is 10.6 Å². The molecule has 2 aromatic carbocycles. The molecule has 0 spiro atoms. The van der Waals surface area contributed by atoms with Crippen LogP contribution in [0, 0.1) is 0 Å². The average molecular weight is 497 g/mol. The second kappa shape index (κ2) is 9.93. The summed E-state index contributed by atoms with van der Waals surface area (Å²) in [4.78, 5) is 17.9. The van der Waals surface area contributed by atoms with E-state index >= 15 is 0 Å². The Bertz CT molecular complexity index is 1130. The first-order chi connectivity index (χ1) is 14.7. The molecule has 4 aromatic rings. The summed E-state index contributed by atoms with van der Waals surface area (Å²) in [5.41, 5.74) is 2.81. The van der Waals surface area contributed by atoms with Crippen molar-refractivity contribution in [3.8, 4) is 11.3 Å². The van der Waals surface area contributed by atoms with Gasteiger partial charge in [0.15, 0.2) is 5.13 Å². The quantitative estimate of drug-likeness (QED) is 0.218. The lowest BCUT2D eigenvalue weighted by atomic mass is 10.2. The highest BCUT2D eigenvalue weighted by Gasteiger charge is 2.06. The molecule has 2 heterocycles. The Morgan fingerprint density at radius 1 is 1.13 bits per heavy atom. The first-order valence-corrected chi connectivity index (χ1v) is 11.8. The van der Waals surface area contributed by atoms with Crippen LogP contribution in [0.2, 0.25) is 0 Å². The van der Waals surface area contributed by atoms with Crippen molar-refractivity contribution in [3.63, 3.8) is 0 Å². The molecule has 30 heavy (non-hydrogen) atoms. The van der Waals surface area contributed by atoms with Gasteiger partial charge >= 0.3 is 0 Å². The summed E-state index contributed by atoms with van der Waals surface area (Å²) >= 11 is 6.54. The molecule has 0 atom stereocenters. The van der Waals surface area contributed by atoms with Gasteiger partial charge in [-0.15, -0.1) is 23.1 Å². The van der Waals surface area contributed by atoms with Crippen molar-refractivity contribution in [3.05, 3.63) is 94.2 Å². The Kier molecular flexibility index (Phi) is 6.84. The van der Waals surface area contributed by atoms with Gasteiger partial charge in [0.25, 0.3) is 0 Å². The standard InChI is InChI=1S/C23H17BrN2O2S2/c24-18-8-6-17(7-9-18)21-15-30-23(25-21)26-22(27)12-5-16-3-10-20(11-4-16)29-14-19-2-1-13-28-19/h1-13,15H,14H2,(H,25,26,27)/b12-5+. The number of rotatable bonds is 7. The molecule has 0 aliphatic heterocycles. The summed E-state index contributed by atoms with van der Waals surface area (Å²) in [6.45, 7) is 0. The second-order valence-electron chi connectivity index (χ2n) is 6.30. The molecule has 0 fully saturated rings. The Hall–Kier alpha value is -2.61. The number of nitrogens with one attached hydrogen (secondary N) is 1. The molecular weight excluding hydrogens is 480 g/mol. The van der Waals surface area contributed by atoms with Gasteiger partial charge in [-0.3, -0.25) is 10.1 Å². The lowest BCUT2D eigenvalue weighted by Gasteiger charge is -2.01. The van der Waals surface area contributed by atoms with Crippen molar-refractivity contribution in [1.82, 2.24) is 4.98 Å². The van der Waals surface area contributed by atoms with Gasteiger partial charge in [-0.05, 0) is 48.0 Å². The number of aromatic nitrogens is 1. The highest BCUT2D eigenvalue weighted by Crippen LogP contribution is 2.26. The summed E-state index contributed by atoms with van der Waals surface area (Å²) in [6, 6.07) is 19.8. The number of anilines is 1. The van der Waals surface area contributed by atoms with E-state index in [1.54, 1.807) is 24.1 Å². The van der Waals surface area contributed by atoms with Gasteiger partial charge in [0.2, 0.25) is 5.91 Å². The molecular formula is C23H17BrN2O2S2. The number of carbonyl (C=O) groups excluding carboxylic acids is 1. The first-order valence-electron chi connectivity index (χ1n) is 9.11. The number of carbonyl (C=O) groups is 1. The number of furan rings is 1. The smallest absolute Gasteiger partial charge is 0.250 e. The fourth-order valence-electron chi connectivity index (χ4n) is 2.63. The van der Waals surface area contributed by atoms with Crippen molar-refractivity contribution >= 4 is 56.1 Å². The fourth-order valence-corrected chi connectivity index (χ4v) is 4.42. The Morgan fingerprint density at radius 2 is 1.93 bits per heavy atom. The van der Waals surface area contributed by atoms with Crippen molar-refractivity contribution < 1.29 is 9.21 Å². The highest BCUT2D eigenvalue weighted by atomic mass is 79.9. The average Bonchev–Trinajstić information content (AvgIpc) is 3.44. The van der Waals surface area contributed by atoms with Crippen LogP contribution >= 0.6 is 39.0 Å². The molecule has 0 aliphatic rings. The zero-order chi connectivity index (χ0) is 20.8. The first kappa shape index (κ1) is 20.7. The SMILES string of the molecule is O=C(/C=C/c1ccc(SCc2ccco2)cc1)Nc1nc(-c2ccc(Br)cc2)cs1. The molecule has 0 saturated heterocycles. The third-order valence-corrected chi connectivity index (χ3v) is 6.46. The van der Waals surface area contributed by atoms with Gasteiger partial charge in [-0.25, -0.2) is 4.98 Å². The van der Waals surface area contributed by atoms with Gasteiger partial charge < -0.3 is 4.42 Å². The molecule has 150 valence electrons. The van der Waals surface area contributed by atoms with Crippen molar-refractivity contribution in [2.75, 3.05) is 5.32 Å².